The van der Waals surface area contributed by atoms with Crippen LogP contribution in [0.5, 0.6) is 11.6 Å². The lowest BCUT2D eigenvalue weighted by Crippen LogP contribution is -2.44. The molecule has 4 aromatic rings. The third-order valence-corrected chi connectivity index (χ3v) is 6.83. The normalized spacial score (nSPS) is 14.3. The summed E-state index contributed by atoms with van der Waals surface area (Å²) in [4.78, 5) is 18.0. The van der Waals surface area contributed by atoms with Crippen LogP contribution in [0.4, 0.5) is 5.95 Å². The van der Waals surface area contributed by atoms with E-state index in [1.807, 2.05) is 31.2 Å². The number of piperazine rings is 1. The minimum atomic E-state index is 0.562. The van der Waals surface area contributed by atoms with Gasteiger partial charge >= 0.3 is 0 Å². The second-order valence-electron chi connectivity index (χ2n) is 7.71. The fraction of sp³-hybridized carbons (Fsp3) is 0.375. The number of thiophene rings is 1. The molecule has 1 aliphatic heterocycles. The smallest absolute Gasteiger partial charge is 0.236 e. The van der Waals surface area contributed by atoms with E-state index in [-0.39, 0.29) is 0 Å². The summed E-state index contributed by atoms with van der Waals surface area (Å²) in [6, 6.07) is 10.2. The molecule has 0 spiro atoms. The molecule has 0 bridgehead atoms. The molecule has 0 atom stereocenters. The molecule has 1 N–H and O–H groups in total. The Kier molecular flexibility index (Phi) is 5.80. The third-order valence-electron chi connectivity index (χ3n) is 5.77. The number of hydrogen-bond acceptors (Lipinski definition) is 8. The van der Waals surface area contributed by atoms with Crippen molar-refractivity contribution in [2.24, 2.45) is 0 Å². The van der Waals surface area contributed by atoms with Crippen LogP contribution in [0.25, 0.3) is 31.7 Å². The largest absolute Gasteiger partial charge is 0.497 e. The van der Waals surface area contributed by atoms with Gasteiger partial charge in [-0.2, -0.15) is 4.98 Å². The van der Waals surface area contributed by atoms with E-state index in [9.17, 15) is 0 Å². The van der Waals surface area contributed by atoms with Gasteiger partial charge < -0.3 is 19.7 Å². The zero-order chi connectivity index (χ0) is 22.1. The van der Waals surface area contributed by atoms with Gasteiger partial charge in [0.1, 0.15) is 20.8 Å². The van der Waals surface area contributed by atoms with Crippen LogP contribution in [0.3, 0.4) is 0 Å². The number of methoxy groups -OCH3 is 1. The molecule has 0 radical (unpaired) electrons. The van der Waals surface area contributed by atoms with Crippen LogP contribution in [0, 0.1) is 0 Å². The summed E-state index contributed by atoms with van der Waals surface area (Å²) in [6.07, 6.45) is 0.894. The molecule has 1 aliphatic rings. The van der Waals surface area contributed by atoms with E-state index < -0.39 is 0 Å². The Balaban J connectivity index is 1.70. The Morgan fingerprint density at radius 2 is 1.84 bits per heavy atom. The van der Waals surface area contributed by atoms with Crippen molar-refractivity contribution in [1.82, 2.24) is 20.3 Å². The van der Waals surface area contributed by atoms with Crippen molar-refractivity contribution in [3.63, 3.8) is 0 Å². The zero-order valence-electron chi connectivity index (χ0n) is 18.6. The van der Waals surface area contributed by atoms with Crippen molar-refractivity contribution in [3.05, 3.63) is 35.9 Å². The highest BCUT2D eigenvalue weighted by molar-refractivity contribution is 7.25. The number of hydrogen-bond donors (Lipinski definition) is 1. The number of nitrogens with zero attached hydrogens (tertiary/aromatic N) is 4. The van der Waals surface area contributed by atoms with E-state index in [0.717, 1.165) is 76.0 Å². The first kappa shape index (κ1) is 20.9. The maximum atomic E-state index is 5.97. The topological polar surface area (TPSA) is 72.4 Å². The Labute approximate surface area is 191 Å². The highest BCUT2D eigenvalue weighted by Gasteiger charge is 2.22. The number of benzene rings is 1. The average Bonchev–Trinajstić information content (AvgIpc) is 3.23. The van der Waals surface area contributed by atoms with E-state index in [4.69, 9.17) is 24.4 Å². The number of ether oxygens (including phenoxy) is 2. The fourth-order valence-corrected chi connectivity index (χ4v) is 5.21. The van der Waals surface area contributed by atoms with Gasteiger partial charge in [-0.25, -0.2) is 9.97 Å². The molecular weight excluding hydrogens is 422 g/mol. The number of fused-ring (bicyclic) bond motifs is 3. The average molecular weight is 450 g/mol. The molecule has 0 unspecified atom stereocenters. The zero-order valence-corrected chi connectivity index (χ0v) is 19.5. The summed E-state index contributed by atoms with van der Waals surface area (Å²) in [5, 5.41) is 4.50. The number of aromatic nitrogens is 3. The molecule has 4 heterocycles. The molecule has 1 aromatic carbocycles. The molecule has 1 saturated heterocycles. The Hall–Kier alpha value is -2.97. The number of rotatable bonds is 6. The molecule has 166 valence electrons. The molecule has 0 amide bonds. The number of nitrogens with one attached hydrogen (secondary N) is 1. The van der Waals surface area contributed by atoms with Crippen molar-refractivity contribution in [1.29, 1.82) is 0 Å². The predicted octanol–water partition coefficient (Wildman–Crippen LogP) is 4.29. The van der Waals surface area contributed by atoms with Crippen LogP contribution in [-0.4, -0.2) is 54.8 Å². The van der Waals surface area contributed by atoms with Crippen molar-refractivity contribution < 1.29 is 9.47 Å². The summed E-state index contributed by atoms with van der Waals surface area (Å²) in [7, 11) is 1.68. The van der Waals surface area contributed by atoms with Crippen LogP contribution in [0.15, 0.2) is 30.3 Å². The van der Waals surface area contributed by atoms with Gasteiger partial charge in [0.05, 0.1) is 19.4 Å². The first-order valence-electron chi connectivity index (χ1n) is 11.1. The van der Waals surface area contributed by atoms with Gasteiger partial charge in [0.2, 0.25) is 11.8 Å². The second kappa shape index (κ2) is 8.88. The van der Waals surface area contributed by atoms with Gasteiger partial charge in [0.25, 0.3) is 0 Å². The third kappa shape index (κ3) is 3.73. The maximum Gasteiger partial charge on any atom is 0.236 e. The molecule has 5 rings (SSSR count). The number of anilines is 1. The van der Waals surface area contributed by atoms with E-state index in [2.05, 4.69) is 23.2 Å². The molecule has 32 heavy (non-hydrogen) atoms. The lowest BCUT2D eigenvalue weighted by molar-refractivity contribution is 0.331. The minimum absolute atomic E-state index is 0.562. The SMILES string of the molecule is CCOc1nc(N2CCNCC2)nc2c1sc1nc(-c3ccc(OC)cc3)cc(CC)c12. The Morgan fingerprint density at radius 1 is 1.06 bits per heavy atom. The molecule has 0 aliphatic carbocycles. The van der Waals surface area contributed by atoms with Crippen molar-refractivity contribution in [3.8, 4) is 22.9 Å². The Morgan fingerprint density at radius 3 is 2.53 bits per heavy atom. The summed E-state index contributed by atoms with van der Waals surface area (Å²) in [6.45, 7) is 8.37. The van der Waals surface area contributed by atoms with Crippen molar-refractivity contribution in [2.45, 2.75) is 20.3 Å². The highest BCUT2D eigenvalue weighted by atomic mass is 32.1. The number of pyridine rings is 1. The monoisotopic (exact) mass is 449 g/mol. The molecule has 0 saturated carbocycles. The van der Waals surface area contributed by atoms with E-state index in [1.165, 1.54) is 5.56 Å². The van der Waals surface area contributed by atoms with Crippen LogP contribution in [0.2, 0.25) is 0 Å². The first-order chi connectivity index (χ1) is 15.7. The summed E-state index contributed by atoms with van der Waals surface area (Å²) < 4.78 is 12.2. The van der Waals surface area contributed by atoms with Gasteiger partial charge in [0.15, 0.2) is 0 Å². The summed E-state index contributed by atoms with van der Waals surface area (Å²) in [5.41, 5.74) is 4.20. The van der Waals surface area contributed by atoms with Crippen LogP contribution >= 0.6 is 11.3 Å². The van der Waals surface area contributed by atoms with Gasteiger partial charge in [-0.1, -0.05) is 6.92 Å². The summed E-state index contributed by atoms with van der Waals surface area (Å²) in [5.74, 6) is 2.23. The second-order valence-corrected chi connectivity index (χ2v) is 8.71. The standard InChI is InChI=1S/C24H27N5O2S/c1-4-15-14-18(16-6-8-17(30-3)9-7-16)26-23-19(15)20-21(32-23)22(31-5-2)28-24(27-20)29-12-10-25-11-13-29/h6-9,14,25H,4-5,10-13H2,1-3H3. The van der Waals surface area contributed by atoms with E-state index >= 15 is 0 Å². The van der Waals surface area contributed by atoms with Crippen LogP contribution < -0.4 is 19.7 Å². The Bertz CT molecular complexity index is 1250. The van der Waals surface area contributed by atoms with Crippen LogP contribution in [-0.2, 0) is 6.42 Å². The molecule has 3 aromatic heterocycles. The van der Waals surface area contributed by atoms with Gasteiger partial charge in [-0.15, -0.1) is 11.3 Å². The lowest BCUT2D eigenvalue weighted by Gasteiger charge is -2.27. The van der Waals surface area contributed by atoms with Gasteiger partial charge in [-0.05, 0) is 49.2 Å². The predicted molar refractivity (Wildman–Crippen MR) is 130 cm³/mol. The van der Waals surface area contributed by atoms with E-state index in [0.29, 0.717) is 12.5 Å². The molecular formula is C24H27N5O2S. The van der Waals surface area contributed by atoms with Gasteiger partial charge in [-0.3, -0.25) is 0 Å². The molecule has 1 fully saturated rings. The maximum absolute atomic E-state index is 5.97. The van der Waals surface area contributed by atoms with Crippen molar-refractivity contribution in [2.75, 3.05) is 44.8 Å². The van der Waals surface area contributed by atoms with Crippen molar-refractivity contribution >= 4 is 37.7 Å². The highest BCUT2D eigenvalue weighted by Crippen LogP contribution is 2.41. The molecule has 7 nitrogen and oxygen atoms in total. The van der Waals surface area contributed by atoms with E-state index in [1.54, 1.807) is 18.4 Å². The number of aryl methyl sites for hydroxylation is 1. The lowest BCUT2D eigenvalue weighted by atomic mass is 10.0. The molecule has 8 heteroatoms. The first-order valence-corrected chi connectivity index (χ1v) is 11.9. The van der Waals surface area contributed by atoms with Gasteiger partial charge in [0, 0.05) is 37.1 Å². The summed E-state index contributed by atoms with van der Waals surface area (Å²) >= 11 is 1.61. The van der Waals surface area contributed by atoms with Crippen LogP contribution in [0.1, 0.15) is 19.4 Å². The minimum Gasteiger partial charge on any atom is -0.497 e. The quantitative estimate of drug-likeness (QED) is 0.471. The fourth-order valence-electron chi connectivity index (χ4n) is 4.11.